The van der Waals surface area contributed by atoms with Crippen molar-refractivity contribution in [3.05, 3.63) is 0 Å². The number of amides is 1. The summed E-state index contributed by atoms with van der Waals surface area (Å²) in [6, 6.07) is 1.46. The minimum atomic E-state index is -0.246. The SMILES string of the molecule is CCN1CN(C)CC2CC3CN(C)CN(CC)C3C(C3(C)C(=O)NC4CCCCC43)C21. The first-order chi connectivity index (χ1) is 14.9. The van der Waals surface area contributed by atoms with Crippen molar-refractivity contribution in [3.8, 4) is 0 Å². The van der Waals surface area contributed by atoms with Crippen LogP contribution in [0.4, 0.5) is 0 Å². The van der Waals surface area contributed by atoms with Crippen molar-refractivity contribution in [2.45, 2.75) is 71.0 Å². The summed E-state index contributed by atoms with van der Waals surface area (Å²) in [6.45, 7) is 13.7. The molecule has 0 bridgehead atoms. The average Bonchev–Trinajstić information content (AvgIpc) is 3.01. The molecule has 0 spiro atoms. The van der Waals surface area contributed by atoms with Crippen molar-refractivity contribution in [1.29, 1.82) is 0 Å². The minimum absolute atomic E-state index is 0.246. The highest BCUT2D eigenvalue weighted by Gasteiger charge is 2.65. The fraction of sp³-hybridized carbons (Fsp3) is 0.960. The Kier molecular flexibility index (Phi) is 5.90. The average molecular weight is 432 g/mol. The number of hydrogen-bond donors (Lipinski definition) is 1. The van der Waals surface area contributed by atoms with Gasteiger partial charge in [-0.15, -0.1) is 0 Å². The molecule has 0 radical (unpaired) electrons. The van der Waals surface area contributed by atoms with Gasteiger partial charge >= 0.3 is 0 Å². The monoisotopic (exact) mass is 431 g/mol. The van der Waals surface area contributed by atoms with E-state index in [2.05, 4.69) is 59.8 Å². The second-order valence-corrected chi connectivity index (χ2v) is 11.7. The molecule has 6 nitrogen and oxygen atoms in total. The highest BCUT2D eigenvalue weighted by molar-refractivity contribution is 5.86. The Labute approximate surface area is 189 Å². The predicted octanol–water partition coefficient (Wildman–Crippen LogP) is 2.12. The minimum Gasteiger partial charge on any atom is -0.353 e. The normalized spacial score (nSPS) is 47.5. The Bertz CT molecular complexity index is 655. The molecular weight excluding hydrogens is 386 g/mol. The highest BCUT2D eigenvalue weighted by atomic mass is 16.2. The van der Waals surface area contributed by atoms with Gasteiger partial charge in [0.25, 0.3) is 0 Å². The molecule has 0 aromatic rings. The molecule has 6 heteroatoms. The second-order valence-electron chi connectivity index (χ2n) is 11.7. The van der Waals surface area contributed by atoms with E-state index >= 15 is 0 Å². The van der Waals surface area contributed by atoms with E-state index in [1.54, 1.807) is 0 Å². The second kappa shape index (κ2) is 8.27. The van der Waals surface area contributed by atoms with Crippen molar-refractivity contribution in [2.75, 3.05) is 53.6 Å². The zero-order chi connectivity index (χ0) is 21.9. The Morgan fingerprint density at radius 3 is 2.03 bits per heavy atom. The van der Waals surface area contributed by atoms with Crippen LogP contribution in [0.1, 0.15) is 52.9 Å². The zero-order valence-electron chi connectivity index (χ0n) is 20.5. The third kappa shape index (κ3) is 3.39. The van der Waals surface area contributed by atoms with E-state index in [1.807, 2.05) is 0 Å². The van der Waals surface area contributed by atoms with E-state index in [1.165, 1.54) is 45.2 Å². The Hall–Kier alpha value is -0.690. The summed E-state index contributed by atoms with van der Waals surface area (Å²) < 4.78 is 0. The van der Waals surface area contributed by atoms with Crippen LogP contribution in [0.25, 0.3) is 0 Å². The highest BCUT2D eigenvalue weighted by Crippen LogP contribution is 2.57. The third-order valence-electron chi connectivity index (χ3n) is 9.94. The summed E-state index contributed by atoms with van der Waals surface area (Å²) in [5.74, 6) is 2.64. The summed E-state index contributed by atoms with van der Waals surface area (Å²) in [7, 11) is 4.57. The Morgan fingerprint density at radius 1 is 0.935 bits per heavy atom. The molecule has 5 rings (SSSR count). The molecule has 0 aromatic carbocycles. The van der Waals surface area contributed by atoms with E-state index in [4.69, 9.17) is 0 Å². The quantitative estimate of drug-likeness (QED) is 0.741. The number of carbonyl (C=O) groups is 1. The lowest BCUT2D eigenvalue weighted by atomic mass is 9.52. The predicted molar refractivity (Wildman–Crippen MR) is 124 cm³/mol. The summed E-state index contributed by atoms with van der Waals surface area (Å²) >= 11 is 0. The molecule has 3 heterocycles. The molecule has 176 valence electrons. The van der Waals surface area contributed by atoms with Gasteiger partial charge in [0.05, 0.1) is 18.8 Å². The van der Waals surface area contributed by atoms with E-state index in [9.17, 15) is 4.79 Å². The van der Waals surface area contributed by atoms with Gasteiger partial charge in [-0.05, 0) is 64.2 Å². The third-order valence-corrected chi connectivity index (χ3v) is 9.94. The standard InChI is InChI=1S/C25H45N5O/c1-6-29-15-27(4)13-17-12-18-14-28(5)16-30(7-2)23(18)21(22(17)29)25(3)19-10-8-9-11-20(19)26-24(25)31/h17-23H,6-16H2,1-5H3,(H,26,31). The molecule has 0 aromatic heterocycles. The topological polar surface area (TPSA) is 42.1 Å². The van der Waals surface area contributed by atoms with Gasteiger partial charge in [0.1, 0.15) is 0 Å². The van der Waals surface area contributed by atoms with Crippen molar-refractivity contribution in [1.82, 2.24) is 24.9 Å². The van der Waals surface area contributed by atoms with Gasteiger partial charge < -0.3 is 5.32 Å². The maximum absolute atomic E-state index is 13.9. The van der Waals surface area contributed by atoms with Crippen molar-refractivity contribution in [3.63, 3.8) is 0 Å². The van der Waals surface area contributed by atoms with Gasteiger partial charge in [0.2, 0.25) is 5.91 Å². The lowest BCUT2D eigenvalue weighted by molar-refractivity contribution is -0.167. The largest absolute Gasteiger partial charge is 0.353 e. The maximum atomic E-state index is 13.9. The zero-order valence-corrected chi connectivity index (χ0v) is 20.5. The van der Waals surface area contributed by atoms with Crippen LogP contribution in [0.15, 0.2) is 0 Å². The number of hydrogen-bond acceptors (Lipinski definition) is 5. The van der Waals surface area contributed by atoms with Crippen LogP contribution in [0, 0.1) is 29.1 Å². The molecule has 3 aliphatic heterocycles. The lowest BCUT2D eigenvalue weighted by Crippen LogP contribution is -2.72. The first kappa shape index (κ1) is 22.1. The van der Waals surface area contributed by atoms with Gasteiger partial charge in [0.15, 0.2) is 0 Å². The molecule has 31 heavy (non-hydrogen) atoms. The molecule has 5 fully saturated rings. The maximum Gasteiger partial charge on any atom is 0.226 e. The molecule has 2 saturated carbocycles. The first-order valence-electron chi connectivity index (χ1n) is 13.0. The lowest BCUT2D eigenvalue weighted by Gasteiger charge is -2.63. The van der Waals surface area contributed by atoms with Crippen LogP contribution in [0.2, 0.25) is 0 Å². The number of carbonyl (C=O) groups excluding carboxylic acids is 1. The van der Waals surface area contributed by atoms with Crippen LogP contribution >= 0.6 is 0 Å². The molecule has 5 aliphatic rings. The number of rotatable bonds is 3. The molecule has 1 amide bonds. The van der Waals surface area contributed by atoms with Crippen LogP contribution < -0.4 is 5.32 Å². The van der Waals surface area contributed by atoms with Gasteiger partial charge in [-0.3, -0.25) is 24.4 Å². The van der Waals surface area contributed by atoms with Crippen LogP contribution in [0.3, 0.4) is 0 Å². The van der Waals surface area contributed by atoms with Crippen LogP contribution in [0.5, 0.6) is 0 Å². The first-order valence-corrected chi connectivity index (χ1v) is 13.0. The Morgan fingerprint density at radius 2 is 1.48 bits per heavy atom. The van der Waals surface area contributed by atoms with Gasteiger partial charge in [0, 0.05) is 37.1 Å². The Balaban J connectivity index is 1.61. The summed E-state index contributed by atoms with van der Waals surface area (Å²) in [5.41, 5.74) is -0.246. The number of nitrogens with zero attached hydrogens (tertiary/aromatic N) is 4. The molecule has 1 N–H and O–H groups in total. The van der Waals surface area contributed by atoms with Gasteiger partial charge in [-0.1, -0.05) is 33.6 Å². The van der Waals surface area contributed by atoms with E-state index in [0.717, 1.165) is 26.4 Å². The molecule has 2 aliphatic carbocycles. The number of fused-ring (bicyclic) bond motifs is 3. The van der Waals surface area contributed by atoms with E-state index < -0.39 is 0 Å². The fourth-order valence-electron chi connectivity index (χ4n) is 8.84. The summed E-state index contributed by atoms with van der Waals surface area (Å²) in [6.07, 6.45) is 6.28. The summed E-state index contributed by atoms with van der Waals surface area (Å²) in [4.78, 5) is 24.4. The van der Waals surface area contributed by atoms with Crippen molar-refractivity contribution >= 4 is 5.91 Å². The molecule has 3 saturated heterocycles. The van der Waals surface area contributed by atoms with Gasteiger partial charge in [-0.25, -0.2) is 0 Å². The number of nitrogens with one attached hydrogen (secondary N) is 1. The van der Waals surface area contributed by atoms with Crippen molar-refractivity contribution < 1.29 is 4.79 Å². The van der Waals surface area contributed by atoms with E-state index in [0.29, 0.717) is 47.7 Å². The van der Waals surface area contributed by atoms with Crippen LogP contribution in [-0.4, -0.2) is 97.2 Å². The molecule has 7 atom stereocenters. The summed E-state index contributed by atoms with van der Waals surface area (Å²) in [5, 5.41) is 3.52. The van der Waals surface area contributed by atoms with Gasteiger partial charge in [-0.2, -0.15) is 0 Å². The molecule has 7 unspecified atom stereocenters. The van der Waals surface area contributed by atoms with Crippen molar-refractivity contribution in [2.24, 2.45) is 29.1 Å². The van der Waals surface area contributed by atoms with Crippen LogP contribution in [-0.2, 0) is 4.79 Å². The smallest absolute Gasteiger partial charge is 0.226 e. The van der Waals surface area contributed by atoms with E-state index in [-0.39, 0.29) is 5.41 Å². The fourth-order valence-corrected chi connectivity index (χ4v) is 8.84. The molecular formula is C25H45N5O.